The van der Waals surface area contributed by atoms with Gasteiger partial charge in [-0.25, -0.2) is 8.42 Å². The predicted octanol–water partition coefficient (Wildman–Crippen LogP) is 3.67. The molecule has 1 aliphatic heterocycles. The lowest BCUT2D eigenvalue weighted by Crippen LogP contribution is -2.46. The number of ether oxygens (including phenoxy) is 1. The molecule has 0 spiro atoms. The summed E-state index contributed by atoms with van der Waals surface area (Å²) in [5, 5.41) is 3.13. The van der Waals surface area contributed by atoms with Gasteiger partial charge in [0.05, 0.1) is 24.0 Å². The summed E-state index contributed by atoms with van der Waals surface area (Å²) in [6.07, 6.45) is 2.10. The first kappa shape index (κ1) is 22.3. The zero-order chi connectivity index (χ0) is 21.7. The normalized spacial score (nSPS) is 18.6. The van der Waals surface area contributed by atoms with Crippen LogP contribution < -0.4 is 10.1 Å². The Balaban J connectivity index is 1.71. The SMILES string of the molecule is CC[C@@H](NC(=O)[C@H]1CCCN(S(=O)(=O)c2ccccc2)C1)c1ccc(OC)c(C)c1. The Morgan fingerprint density at radius 1 is 1.23 bits per heavy atom. The summed E-state index contributed by atoms with van der Waals surface area (Å²) in [7, 11) is -1.95. The average molecular weight is 431 g/mol. The molecule has 162 valence electrons. The molecule has 2 aromatic carbocycles. The second-order valence-corrected chi connectivity index (χ2v) is 9.65. The van der Waals surface area contributed by atoms with Crippen LogP contribution in [0.1, 0.15) is 43.4 Å². The summed E-state index contributed by atoms with van der Waals surface area (Å²) in [5.74, 6) is 0.364. The Bertz CT molecular complexity index is 976. The first-order valence-electron chi connectivity index (χ1n) is 10.4. The van der Waals surface area contributed by atoms with Gasteiger partial charge in [-0.3, -0.25) is 4.79 Å². The fraction of sp³-hybridized carbons (Fsp3) is 0.435. The summed E-state index contributed by atoms with van der Waals surface area (Å²) in [5.41, 5.74) is 2.04. The lowest BCUT2D eigenvalue weighted by molar-refractivity contribution is -0.126. The molecule has 2 aromatic rings. The van der Waals surface area contributed by atoms with Gasteiger partial charge in [0.2, 0.25) is 15.9 Å². The molecule has 0 bridgehead atoms. The Morgan fingerprint density at radius 2 is 1.97 bits per heavy atom. The van der Waals surface area contributed by atoms with Crippen LogP contribution in [0.3, 0.4) is 0 Å². The van der Waals surface area contributed by atoms with E-state index in [1.165, 1.54) is 4.31 Å². The molecule has 1 N–H and O–H groups in total. The van der Waals surface area contributed by atoms with Crippen LogP contribution in [0.4, 0.5) is 0 Å². The fourth-order valence-electron chi connectivity index (χ4n) is 3.95. The van der Waals surface area contributed by atoms with Gasteiger partial charge in [0.1, 0.15) is 5.75 Å². The first-order chi connectivity index (χ1) is 14.4. The lowest BCUT2D eigenvalue weighted by atomic mass is 9.96. The van der Waals surface area contributed by atoms with Gasteiger partial charge in [-0.15, -0.1) is 0 Å². The minimum atomic E-state index is -3.59. The maximum Gasteiger partial charge on any atom is 0.243 e. The number of aryl methyl sites for hydroxylation is 1. The Labute approximate surface area is 179 Å². The van der Waals surface area contributed by atoms with Crippen LogP contribution in [0.25, 0.3) is 0 Å². The Hall–Kier alpha value is -2.38. The van der Waals surface area contributed by atoms with Crippen LogP contribution in [0.15, 0.2) is 53.4 Å². The molecule has 0 radical (unpaired) electrons. The van der Waals surface area contributed by atoms with Crippen LogP contribution in [0.5, 0.6) is 5.75 Å². The van der Waals surface area contributed by atoms with Gasteiger partial charge in [0.15, 0.2) is 0 Å². The van der Waals surface area contributed by atoms with Crippen molar-refractivity contribution in [3.63, 3.8) is 0 Å². The molecule has 1 fully saturated rings. The maximum absolute atomic E-state index is 13.0. The number of methoxy groups -OCH3 is 1. The first-order valence-corrected chi connectivity index (χ1v) is 11.8. The third kappa shape index (κ3) is 4.84. The summed E-state index contributed by atoms with van der Waals surface area (Å²) >= 11 is 0. The van der Waals surface area contributed by atoms with Crippen molar-refractivity contribution in [2.24, 2.45) is 5.92 Å². The standard InChI is InChI=1S/C23H30N2O4S/c1-4-21(18-12-13-22(29-3)17(2)15-18)24-23(26)19-9-8-14-25(16-19)30(27,28)20-10-6-5-7-11-20/h5-7,10-13,15,19,21H,4,8-9,14,16H2,1-3H3,(H,24,26)/t19-,21+/m0/s1. The van der Waals surface area contributed by atoms with Gasteiger partial charge in [0, 0.05) is 13.1 Å². The van der Waals surface area contributed by atoms with E-state index < -0.39 is 10.0 Å². The van der Waals surface area contributed by atoms with Gasteiger partial charge in [-0.1, -0.05) is 37.3 Å². The number of rotatable bonds is 7. The van der Waals surface area contributed by atoms with Gasteiger partial charge in [-0.2, -0.15) is 4.31 Å². The molecule has 6 nitrogen and oxygen atoms in total. The number of sulfonamides is 1. The van der Waals surface area contributed by atoms with Crippen molar-refractivity contribution in [3.8, 4) is 5.75 Å². The molecule has 3 rings (SSSR count). The smallest absolute Gasteiger partial charge is 0.243 e. The van der Waals surface area contributed by atoms with Crippen LogP contribution in [0.2, 0.25) is 0 Å². The van der Waals surface area contributed by atoms with Crippen LogP contribution in [0, 0.1) is 12.8 Å². The largest absolute Gasteiger partial charge is 0.496 e. The third-order valence-corrected chi connectivity index (χ3v) is 7.56. The number of carbonyl (C=O) groups excluding carboxylic acids is 1. The van der Waals surface area contributed by atoms with E-state index in [0.29, 0.717) is 19.4 Å². The van der Waals surface area contributed by atoms with Crippen molar-refractivity contribution in [1.29, 1.82) is 0 Å². The fourth-order valence-corrected chi connectivity index (χ4v) is 5.49. The minimum Gasteiger partial charge on any atom is -0.496 e. The summed E-state index contributed by atoms with van der Waals surface area (Å²) in [4.78, 5) is 13.3. The van der Waals surface area contributed by atoms with E-state index >= 15 is 0 Å². The van der Waals surface area contributed by atoms with E-state index in [4.69, 9.17) is 4.74 Å². The molecule has 1 saturated heterocycles. The topological polar surface area (TPSA) is 75.7 Å². The Morgan fingerprint density at radius 3 is 2.60 bits per heavy atom. The summed E-state index contributed by atoms with van der Waals surface area (Å²) in [6, 6.07) is 14.2. The molecule has 0 aromatic heterocycles. The number of carbonyl (C=O) groups is 1. The lowest BCUT2D eigenvalue weighted by Gasteiger charge is -2.32. The number of benzene rings is 2. The highest BCUT2D eigenvalue weighted by molar-refractivity contribution is 7.89. The highest BCUT2D eigenvalue weighted by Crippen LogP contribution is 2.27. The van der Waals surface area contributed by atoms with Crippen molar-refractivity contribution in [2.75, 3.05) is 20.2 Å². The number of hydrogen-bond donors (Lipinski definition) is 1. The number of nitrogens with zero attached hydrogens (tertiary/aromatic N) is 1. The second-order valence-electron chi connectivity index (χ2n) is 7.71. The van der Waals surface area contributed by atoms with Crippen molar-refractivity contribution in [2.45, 2.75) is 44.0 Å². The highest BCUT2D eigenvalue weighted by Gasteiger charge is 2.33. The van der Waals surface area contributed by atoms with Crippen molar-refractivity contribution < 1.29 is 17.9 Å². The average Bonchev–Trinajstić information content (AvgIpc) is 2.78. The van der Waals surface area contributed by atoms with Crippen molar-refractivity contribution in [3.05, 3.63) is 59.7 Å². The predicted molar refractivity (Wildman–Crippen MR) is 117 cm³/mol. The number of hydrogen-bond acceptors (Lipinski definition) is 4. The number of nitrogens with one attached hydrogen (secondary N) is 1. The molecular formula is C23H30N2O4S. The monoisotopic (exact) mass is 430 g/mol. The Kier molecular flexibility index (Phi) is 7.15. The van der Waals surface area contributed by atoms with Gasteiger partial charge < -0.3 is 10.1 Å². The van der Waals surface area contributed by atoms with Crippen LogP contribution in [-0.4, -0.2) is 38.8 Å². The van der Waals surface area contributed by atoms with E-state index in [1.807, 2.05) is 32.0 Å². The molecule has 2 atom stereocenters. The molecule has 0 saturated carbocycles. The van der Waals surface area contributed by atoms with Crippen LogP contribution in [-0.2, 0) is 14.8 Å². The van der Waals surface area contributed by atoms with E-state index in [2.05, 4.69) is 5.32 Å². The van der Waals surface area contributed by atoms with E-state index in [0.717, 1.165) is 23.3 Å². The van der Waals surface area contributed by atoms with Gasteiger partial charge >= 0.3 is 0 Å². The zero-order valence-electron chi connectivity index (χ0n) is 17.8. The number of piperidine rings is 1. The molecule has 0 aliphatic carbocycles. The third-order valence-electron chi connectivity index (χ3n) is 5.68. The van der Waals surface area contributed by atoms with Crippen molar-refractivity contribution >= 4 is 15.9 Å². The minimum absolute atomic E-state index is 0.0942. The van der Waals surface area contributed by atoms with Crippen LogP contribution >= 0.6 is 0 Å². The molecule has 1 aliphatic rings. The second kappa shape index (κ2) is 9.62. The molecule has 1 amide bonds. The van der Waals surface area contributed by atoms with Crippen molar-refractivity contribution in [1.82, 2.24) is 9.62 Å². The van der Waals surface area contributed by atoms with Gasteiger partial charge in [-0.05, 0) is 55.5 Å². The molecule has 7 heteroatoms. The zero-order valence-corrected chi connectivity index (χ0v) is 18.6. The van der Waals surface area contributed by atoms with E-state index in [-0.39, 0.29) is 29.3 Å². The molecular weight excluding hydrogens is 400 g/mol. The number of amides is 1. The van der Waals surface area contributed by atoms with E-state index in [9.17, 15) is 13.2 Å². The maximum atomic E-state index is 13.0. The highest BCUT2D eigenvalue weighted by atomic mass is 32.2. The van der Waals surface area contributed by atoms with E-state index in [1.54, 1.807) is 37.4 Å². The summed E-state index contributed by atoms with van der Waals surface area (Å²) < 4.78 is 32.6. The molecule has 30 heavy (non-hydrogen) atoms. The van der Waals surface area contributed by atoms with Gasteiger partial charge in [0.25, 0.3) is 0 Å². The quantitative estimate of drug-likeness (QED) is 0.727. The molecule has 1 heterocycles. The molecule has 0 unspecified atom stereocenters. The summed E-state index contributed by atoms with van der Waals surface area (Å²) in [6.45, 7) is 4.65.